The summed E-state index contributed by atoms with van der Waals surface area (Å²) >= 11 is 0. The van der Waals surface area contributed by atoms with Gasteiger partial charge in [-0.3, -0.25) is 0 Å². The van der Waals surface area contributed by atoms with Crippen LogP contribution in [0.5, 0.6) is 0 Å². The number of benzene rings is 1. The van der Waals surface area contributed by atoms with Crippen LogP contribution in [0.1, 0.15) is 5.56 Å². The fourth-order valence-corrected chi connectivity index (χ4v) is 0.732. The van der Waals surface area contributed by atoms with Crippen molar-refractivity contribution in [1.29, 1.82) is 0 Å². The van der Waals surface area contributed by atoms with Gasteiger partial charge < -0.3 is 5.11 Å². The molecule has 0 bridgehead atoms. The van der Waals surface area contributed by atoms with E-state index < -0.39 is 5.97 Å². The van der Waals surface area contributed by atoms with Gasteiger partial charge in [0.1, 0.15) is 0 Å². The normalized spacial score (nSPS) is 9.33. The van der Waals surface area contributed by atoms with Crippen molar-refractivity contribution in [3.05, 3.63) is 42.0 Å². The second kappa shape index (κ2) is 5.65. The van der Waals surface area contributed by atoms with E-state index >= 15 is 0 Å². The topological polar surface area (TPSA) is 37.3 Å². The molecule has 0 unspecified atom stereocenters. The molecule has 0 aliphatic carbocycles. The molecule has 0 fully saturated rings. The molecule has 0 aliphatic heterocycles. The van der Waals surface area contributed by atoms with Gasteiger partial charge in [0.15, 0.2) is 0 Å². The van der Waals surface area contributed by atoms with Gasteiger partial charge in [-0.05, 0) is 11.6 Å². The third-order valence-corrected chi connectivity index (χ3v) is 1.22. The molecule has 0 saturated heterocycles. The Hall–Kier alpha value is -0.973. The fourth-order valence-electron chi connectivity index (χ4n) is 0.732. The Balaban J connectivity index is 0.00000121. The average Bonchev–Trinajstić information content (AvgIpc) is 2.03. The average molecular weight is 155 g/mol. The molecule has 1 N–H and O–H groups in total. The molecule has 1 radical (unpaired) electrons. The van der Waals surface area contributed by atoms with E-state index in [0.29, 0.717) is 0 Å². The molecular weight excluding hydrogens is 147 g/mol. The van der Waals surface area contributed by atoms with Crippen LogP contribution in [0, 0.1) is 0 Å². The monoisotopic (exact) mass is 155 g/mol. The number of hydrogen-bond donors (Lipinski definition) is 1. The smallest absolute Gasteiger partial charge is 0.328 e. The molecule has 1 aromatic carbocycles. The summed E-state index contributed by atoms with van der Waals surface area (Å²) in [6.45, 7) is 0. The molecule has 0 aromatic heterocycles. The molecule has 0 spiro atoms. The summed E-state index contributed by atoms with van der Waals surface area (Å²) in [5.74, 6) is -0.922. The van der Waals surface area contributed by atoms with Crippen molar-refractivity contribution in [3.63, 3.8) is 0 Å². The Morgan fingerprint density at radius 1 is 1.25 bits per heavy atom. The number of carboxylic acid groups (broad SMARTS) is 1. The minimum Gasteiger partial charge on any atom is -0.478 e. The minimum atomic E-state index is -0.922. The quantitative estimate of drug-likeness (QED) is 0.517. The Kier molecular flexibility index (Phi) is 5.19. The third-order valence-electron chi connectivity index (χ3n) is 1.22. The zero-order chi connectivity index (χ0) is 8.10. The largest absolute Gasteiger partial charge is 0.478 e. The zero-order valence-electron chi connectivity index (χ0n) is 6.90. The van der Waals surface area contributed by atoms with Gasteiger partial charge in [-0.15, -0.1) is 0 Å². The van der Waals surface area contributed by atoms with Crippen molar-refractivity contribution in [2.75, 3.05) is 0 Å². The van der Waals surface area contributed by atoms with E-state index in [4.69, 9.17) is 5.11 Å². The molecular formula is C9H8LiO2. The maximum absolute atomic E-state index is 10.1. The van der Waals surface area contributed by atoms with E-state index in [1.807, 2.05) is 30.3 Å². The predicted molar refractivity (Wildman–Crippen MR) is 48.9 cm³/mol. The van der Waals surface area contributed by atoms with E-state index in [0.717, 1.165) is 11.6 Å². The van der Waals surface area contributed by atoms with Gasteiger partial charge in [0.2, 0.25) is 0 Å². The van der Waals surface area contributed by atoms with E-state index in [1.165, 1.54) is 0 Å². The number of aliphatic carboxylic acids is 1. The SMILES string of the molecule is O=C(O)C=Cc1ccccc1.[Li]. The second-order valence-electron chi connectivity index (χ2n) is 2.08. The summed E-state index contributed by atoms with van der Waals surface area (Å²) in [6, 6.07) is 9.31. The summed E-state index contributed by atoms with van der Waals surface area (Å²) in [4.78, 5) is 10.1. The van der Waals surface area contributed by atoms with E-state index in [1.54, 1.807) is 6.08 Å². The number of rotatable bonds is 2. The van der Waals surface area contributed by atoms with E-state index in [-0.39, 0.29) is 18.9 Å². The maximum Gasteiger partial charge on any atom is 0.328 e. The van der Waals surface area contributed by atoms with Gasteiger partial charge in [-0.2, -0.15) is 0 Å². The third kappa shape index (κ3) is 4.02. The van der Waals surface area contributed by atoms with Crippen LogP contribution < -0.4 is 0 Å². The number of hydrogen-bond acceptors (Lipinski definition) is 1. The molecule has 0 amide bonds. The van der Waals surface area contributed by atoms with Gasteiger partial charge in [0, 0.05) is 24.9 Å². The molecule has 0 saturated carbocycles. The summed E-state index contributed by atoms with van der Waals surface area (Å²) in [6.07, 6.45) is 2.68. The Bertz CT molecular complexity index is 267. The molecule has 12 heavy (non-hydrogen) atoms. The van der Waals surface area contributed by atoms with Crippen LogP contribution in [0.2, 0.25) is 0 Å². The molecule has 0 atom stereocenters. The summed E-state index contributed by atoms with van der Waals surface area (Å²) < 4.78 is 0. The van der Waals surface area contributed by atoms with Gasteiger partial charge in [0.25, 0.3) is 0 Å². The number of carboxylic acids is 1. The first kappa shape index (κ1) is 11.0. The maximum atomic E-state index is 10.1. The van der Waals surface area contributed by atoms with Crippen LogP contribution in [0.3, 0.4) is 0 Å². The van der Waals surface area contributed by atoms with Crippen LogP contribution in [-0.4, -0.2) is 29.9 Å². The Morgan fingerprint density at radius 3 is 2.33 bits per heavy atom. The molecule has 0 aliphatic rings. The molecule has 1 rings (SSSR count). The van der Waals surface area contributed by atoms with Crippen LogP contribution in [0.4, 0.5) is 0 Å². The summed E-state index contributed by atoms with van der Waals surface area (Å²) in [5.41, 5.74) is 0.898. The van der Waals surface area contributed by atoms with Crippen molar-refractivity contribution in [2.24, 2.45) is 0 Å². The molecule has 3 heteroatoms. The van der Waals surface area contributed by atoms with E-state index in [9.17, 15) is 4.79 Å². The van der Waals surface area contributed by atoms with Crippen LogP contribution in [0.25, 0.3) is 6.08 Å². The van der Waals surface area contributed by atoms with Gasteiger partial charge >= 0.3 is 5.97 Å². The molecule has 2 nitrogen and oxygen atoms in total. The van der Waals surface area contributed by atoms with Crippen molar-refractivity contribution in [1.82, 2.24) is 0 Å². The Labute approximate surface area is 83.1 Å². The van der Waals surface area contributed by atoms with Crippen molar-refractivity contribution < 1.29 is 9.90 Å². The van der Waals surface area contributed by atoms with Gasteiger partial charge in [-0.25, -0.2) is 4.79 Å². The first-order valence-electron chi connectivity index (χ1n) is 3.25. The molecule has 1 aromatic rings. The van der Waals surface area contributed by atoms with Crippen LogP contribution in [-0.2, 0) is 4.79 Å². The molecule has 0 heterocycles. The fraction of sp³-hybridized carbons (Fsp3) is 0. The predicted octanol–water partition coefficient (Wildman–Crippen LogP) is 1.40. The second-order valence-corrected chi connectivity index (χ2v) is 2.08. The van der Waals surface area contributed by atoms with Crippen LogP contribution in [0.15, 0.2) is 36.4 Å². The number of carbonyl (C=O) groups is 1. The molecule has 57 valence electrons. The van der Waals surface area contributed by atoms with Crippen molar-refractivity contribution >= 4 is 30.9 Å². The van der Waals surface area contributed by atoms with E-state index in [2.05, 4.69) is 0 Å². The van der Waals surface area contributed by atoms with Crippen LogP contribution >= 0.6 is 0 Å². The van der Waals surface area contributed by atoms with Crippen molar-refractivity contribution in [2.45, 2.75) is 0 Å². The first-order chi connectivity index (χ1) is 5.29. The zero-order valence-corrected chi connectivity index (χ0v) is 6.90. The standard InChI is InChI=1S/C9H8O2.Li/c10-9(11)7-6-8-4-2-1-3-5-8;/h1-7H,(H,10,11);. The van der Waals surface area contributed by atoms with Crippen molar-refractivity contribution in [3.8, 4) is 0 Å². The summed E-state index contributed by atoms with van der Waals surface area (Å²) in [5, 5.41) is 8.29. The first-order valence-corrected chi connectivity index (χ1v) is 3.25. The summed E-state index contributed by atoms with van der Waals surface area (Å²) in [7, 11) is 0. The van der Waals surface area contributed by atoms with Gasteiger partial charge in [0.05, 0.1) is 0 Å². The van der Waals surface area contributed by atoms with Gasteiger partial charge in [-0.1, -0.05) is 30.3 Å². The Morgan fingerprint density at radius 2 is 1.83 bits per heavy atom. The minimum absolute atomic E-state index is 0.